The van der Waals surface area contributed by atoms with Crippen LogP contribution in [-0.4, -0.2) is 40.4 Å². The zero-order valence-electron chi connectivity index (χ0n) is 22.9. The number of nitrogens with zero attached hydrogens (tertiary/aromatic N) is 2. The molecule has 3 aromatic carbocycles. The number of anilines is 2. The Morgan fingerprint density at radius 1 is 0.977 bits per heavy atom. The Balaban J connectivity index is 1.55. The number of nitro benzene ring substituents is 1. The minimum atomic E-state index is -4.12. The first kappa shape index (κ1) is 31.0. The summed E-state index contributed by atoms with van der Waals surface area (Å²) in [6, 6.07) is 15.5. The molecule has 10 nitrogen and oxygen atoms in total. The number of hydrogen-bond acceptors (Lipinski definition) is 5. The summed E-state index contributed by atoms with van der Waals surface area (Å²) in [5, 5.41) is 24.1. The second-order valence-electron chi connectivity index (χ2n) is 10.3. The molecule has 13 heteroatoms. The fraction of sp³-hybridized carbons (Fsp3) is 0.300. The van der Waals surface area contributed by atoms with E-state index in [-0.39, 0.29) is 17.8 Å². The Bertz CT molecular complexity index is 1490. The Morgan fingerprint density at radius 3 is 2.23 bits per heavy atom. The number of hydrogen-bond donors (Lipinski definition) is 3. The van der Waals surface area contributed by atoms with Gasteiger partial charge in [0.2, 0.25) is 5.82 Å². The van der Waals surface area contributed by atoms with E-state index in [2.05, 4.69) is 5.32 Å². The number of urea groups is 1. The molecule has 4 rings (SSSR count). The van der Waals surface area contributed by atoms with Gasteiger partial charge in [-0.15, -0.1) is 0 Å². The number of benzene rings is 3. The zero-order chi connectivity index (χ0) is 31.1. The quantitative estimate of drug-likeness (QED) is 0.180. The maximum atomic E-state index is 13.8. The molecule has 0 aliphatic heterocycles. The molecule has 43 heavy (non-hydrogen) atoms. The van der Waals surface area contributed by atoms with Crippen LogP contribution < -0.4 is 15.5 Å². The predicted octanol–water partition coefficient (Wildman–Crippen LogP) is 6.47. The van der Waals surface area contributed by atoms with Gasteiger partial charge in [-0.3, -0.25) is 19.8 Å². The van der Waals surface area contributed by atoms with Crippen molar-refractivity contribution in [3.63, 3.8) is 0 Å². The molecule has 3 amide bonds. The van der Waals surface area contributed by atoms with E-state index in [1.807, 2.05) is 17.4 Å². The lowest BCUT2D eigenvalue weighted by atomic mass is 9.84. The lowest BCUT2D eigenvalue weighted by Crippen LogP contribution is -2.42. The number of amides is 3. The predicted molar refractivity (Wildman–Crippen MR) is 152 cm³/mol. The molecule has 0 heterocycles. The number of carbonyl (C=O) groups excluding carboxylic acids is 2. The van der Waals surface area contributed by atoms with Crippen LogP contribution in [0, 0.1) is 15.9 Å². The Morgan fingerprint density at radius 2 is 1.63 bits per heavy atom. The van der Waals surface area contributed by atoms with Gasteiger partial charge in [0.1, 0.15) is 0 Å². The fourth-order valence-electron chi connectivity index (χ4n) is 4.88. The molecule has 0 aromatic heterocycles. The van der Waals surface area contributed by atoms with Gasteiger partial charge in [-0.05, 0) is 66.3 Å². The number of carboxylic acids is 1. The largest absolute Gasteiger partial charge is 0.477 e. The highest BCUT2D eigenvalue weighted by Gasteiger charge is 2.39. The molecule has 0 spiro atoms. The maximum Gasteiger partial charge on any atom is 0.376 e. The lowest BCUT2D eigenvalue weighted by Gasteiger charge is -2.26. The van der Waals surface area contributed by atoms with Crippen molar-refractivity contribution in [1.82, 2.24) is 5.32 Å². The summed E-state index contributed by atoms with van der Waals surface area (Å²) in [6.45, 7) is -1.40. The standard InChI is InChI=1S/C30H29F3N4O6/c31-25-15-12-23(16-26(25)37(42)43)35-29(41)36(24-13-10-21(11-14-24)20-4-2-1-3-5-20)17-19-6-8-22(9-7-19)27(38)34-18-30(32,33)28(39)40/h6-16,20H,1-5,17-18H2,(H,34,38)(H,35,41)(H,39,40). The normalized spacial score (nSPS) is 13.7. The molecule has 1 fully saturated rings. The average molecular weight is 599 g/mol. The second kappa shape index (κ2) is 13.4. The first-order chi connectivity index (χ1) is 20.4. The zero-order valence-corrected chi connectivity index (χ0v) is 22.9. The van der Waals surface area contributed by atoms with Gasteiger partial charge in [0.15, 0.2) is 0 Å². The second-order valence-corrected chi connectivity index (χ2v) is 10.3. The number of alkyl halides is 2. The number of rotatable bonds is 10. The third-order valence-electron chi connectivity index (χ3n) is 7.26. The van der Waals surface area contributed by atoms with Crippen LogP contribution in [0.25, 0.3) is 0 Å². The molecule has 0 atom stereocenters. The van der Waals surface area contributed by atoms with E-state index in [4.69, 9.17) is 5.11 Å². The summed E-state index contributed by atoms with van der Waals surface area (Å²) in [5.74, 6) is -8.00. The van der Waals surface area contributed by atoms with Crippen LogP contribution in [0.15, 0.2) is 66.7 Å². The van der Waals surface area contributed by atoms with Crippen LogP contribution in [-0.2, 0) is 11.3 Å². The van der Waals surface area contributed by atoms with Gasteiger partial charge in [-0.25, -0.2) is 9.59 Å². The van der Waals surface area contributed by atoms with Crippen LogP contribution in [0.1, 0.15) is 59.5 Å². The number of aliphatic carboxylic acids is 1. The molecule has 3 N–H and O–H groups in total. The molecule has 226 valence electrons. The van der Waals surface area contributed by atoms with Crippen molar-refractivity contribution in [2.75, 3.05) is 16.8 Å². The van der Waals surface area contributed by atoms with E-state index in [1.165, 1.54) is 41.7 Å². The third kappa shape index (κ3) is 7.87. The Hall–Kier alpha value is -4.94. The molecular weight excluding hydrogens is 569 g/mol. The van der Waals surface area contributed by atoms with E-state index < -0.39 is 46.8 Å². The topological polar surface area (TPSA) is 142 Å². The van der Waals surface area contributed by atoms with Crippen molar-refractivity contribution in [2.24, 2.45) is 0 Å². The van der Waals surface area contributed by atoms with E-state index >= 15 is 0 Å². The van der Waals surface area contributed by atoms with E-state index in [0.717, 1.165) is 43.4 Å². The Labute approximate surface area is 244 Å². The van der Waals surface area contributed by atoms with Crippen molar-refractivity contribution in [3.05, 3.63) is 99.4 Å². The average Bonchev–Trinajstić information content (AvgIpc) is 3.00. The van der Waals surface area contributed by atoms with E-state index in [9.17, 15) is 37.7 Å². The number of halogens is 3. The molecule has 0 saturated heterocycles. The van der Waals surface area contributed by atoms with Gasteiger partial charge in [0.25, 0.3) is 5.91 Å². The molecule has 0 radical (unpaired) electrons. The monoisotopic (exact) mass is 598 g/mol. The van der Waals surface area contributed by atoms with Gasteiger partial charge in [-0.1, -0.05) is 43.5 Å². The van der Waals surface area contributed by atoms with E-state index in [0.29, 0.717) is 17.2 Å². The Kier molecular flexibility index (Phi) is 9.63. The summed E-state index contributed by atoms with van der Waals surface area (Å²) in [5.41, 5.74) is 1.41. The van der Waals surface area contributed by atoms with Crippen LogP contribution in [0.3, 0.4) is 0 Å². The lowest BCUT2D eigenvalue weighted by molar-refractivity contribution is -0.387. The molecular formula is C30H29F3N4O6. The molecule has 1 saturated carbocycles. The molecule has 3 aromatic rings. The van der Waals surface area contributed by atoms with Crippen LogP contribution in [0.4, 0.5) is 35.0 Å². The maximum absolute atomic E-state index is 13.8. The van der Waals surface area contributed by atoms with Gasteiger partial charge >= 0.3 is 23.6 Å². The minimum Gasteiger partial charge on any atom is -0.477 e. The SMILES string of the molecule is O=C(NCC(F)(F)C(=O)O)c1ccc(CN(C(=O)Nc2ccc(F)c([N+](=O)[O-])c2)c2ccc(C3CCCCC3)cc2)cc1. The molecule has 0 unspecified atom stereocenters. The van der Waals surface area contributed by atoms with Gasteiger partial charge in [-0.2, -0.15) is 13.2 Å². The summed E-state index contributed by atoms with van der Waals surface area (Å²) >= 11 is 0. The number of carbonyl (C=O) groups is 3. The van der Waals surface area contributed by atoms with Crippen molar-refractivity contribution < 1.29 is 37.6 Å². The third-order valence-corrected chi connectivity index (χ3v) is 7.26. The van der Waals surface area contributed by atoms with Gasteiger partial charge in [0, 0.05) is 23.0 Å². The highest BCUT2D eigenvalue weighted by Crippen LogP contribution is 2.34. The number of carboxylic acid groups (broad SMARTS) is 1. The fourth-order valence-corrected chi connectivity index (χ4v) is 4.88. The summed E-state index contributed by atoms with van der Waals surface area (Å²) in [7, 11) is 0. The number of nitrogens with one attached hydrogen (secondary N) is 2. The molecule has 0 bridgehead atoms. The highest BCUT2D eigenvalue weighted by atomic mass is 19.3. The highest BCUT2D eigenvalue weighted by molar-refractivity contribution is 6.02. The summed E-state index contributed by atoms with van der Waals surface area (Å²) < 4.78 is 40.5. The van der Waals surface area contributed by atoms with Crippen LogP contribution >= 0.6 is 0 Å². The van der Waals surface area contributed by atoms with Crippen molar-refractivity contribution in [1.29, 1.82) is 0 Å². The molecule has 1 aliphatic rings. The van der Waals surface area contributed by atoms with Gasteiger partial charge in [0.05, 0.1) is 18.0 Å². The van der Waals surface area contributed by atoms with E-state index in [1.54, 1.807) is 12.1 Å². The van der Waals surface area contributed by atoms with Gasteiger partial charge < -0.3 is 15.7 Å². The van der Waals surface area contributed by atoms with Crippen molar-refractivity contribution in [2.45, 2.75) is 50.5 Å². The summed E-state index contributed by atoms with van der Waals surface area (Å²) in [4.78, 5) is 47.9. The van der Waals surface area contributed by atoms with Crippen molar-refractivity contribution >= 4 is 35.0 Å². The van der Waals surface area contributed by atoms with Crippen LogP contribution in [0.5, 0.6) is 0 Å². The minimum absolute atomic E-state index is 0.00334. The smallest absolute Gasteiger partial charge is 0.376 e. The first-order valence-electron chi connectivity index (χ1n) is 13.6. The molecule has 1 aliphatic carbocycles. The summed E-state index contributed by atoms with van der Waals surface area (Å²) in [6.07, 6.45) is 5.68. The van der Waals surface area contributed by atoms with Crippen LogP contribution in [0.2, 0.25) is 0 Å². The first-order valence-corrected chi connectivity index (χ1v) is 13.6. The van der Waals surface area contributed by atoms with Crippen molar-refractivity contribution in [3.8, 4) is 0 Å². The number of nitro groups is 1.